The molecule has 2 aromatic rings. The number of piperazine rings is 1. The molecule has 0 saturated carbocycles. The molecule has 1 saturated heterocycles. The van der Waals surface area contributed by atoms with Gasteiger partial charge < -0.3 is 10.6 Å². The molecule has 7 nitrogen and oxygen atoms in total. The molecule has 24 heavy (non-hydrogen) atoms. The molecule has 1 aromatic heterocycles. The highest BCUT2D eigenvalue weighted by Crippen LogP contribution is 2.21. The van der Waals surface area contributed by atoms with Crippen LogP contribution in [0.25, 0.3) is 10.9 Å². The molecule has 2 heterocycles. The number of likely N-dealkylation sites (N-methyl/N-ethyl adjacent to an activating group) is 1. The number of amides is 2. The van der Waals surface area contributed by atoms with E-state index in [0.717, 1.165) is 6.54 Å². The maximum atomic E-state index is 12.1. The minimum atomic E-state index is -0.591. The van der Waals surface area contributed by atoms with Gasteiger partial charge in [-0.15, -0.1) is 0 Å². The number of carbonyl (C=O) groups is 3. The molecular formula is C17H18N4O3. The van der Waals surface area contributed by atoms with Crippen LogP contribution in [-0.2, 0) is 11.3 Å². The predicted molar refractivity (Wildman–Crippen MR) is 88.6 cm³/mol. The van der Waals surface area contributed by atoms with Gasteiger partial charge in [0.2, 0.25) is 5.91 Å². The van der Waals surface area contributed by atoms with Gasteiger partial charge in [-0.2, -0.15) is 0 Å². The smallest absolute Gasteiger partial charge is 0.250 e. The Balaban J connectivity index is 2.00. The predicted octanol–water partition coefficient (Wildman–Crippen LogP) is 0.420. The standard InChI is InChI=1S/C17H18N4O3/c1-20-5-6-21(15(23)9-20)8-12-7-11-3-2-4-13(17(18)24)16(11)19-14(12)10-22/h2-4,7,10H,5-6,8-9H2,1H3,(H2,18,24). The number of nitrogens with two attached hydrogens (primary N) is 1. The molecule has 1 aromatic carbocycles. The molecule has 0 unspecified atom stereocenters. The van der Waals surface area contributed by atoms with Gasteiger partial charge in [0.1, 0.15) is 5.69 Å². The first-order valence-electron chi connectivity index (χ1n) is 7.63. The molecule has 0 radical (unpaired) electrons. The third-order valence-corrected chi connectivity index (χ3v) is 4.21. The van der Waals surface area contributed by atoms with Crippen LogP contribution in [0, 0.1) is 0 Å². The molecule has 1 aliphatic rings. The van der Waals surface area contributed by atoms with Crippen LogP contribution >= 0.6 is 0 Å². The van der Waals surface area contributed by atoms with Gasteiger partial charge in [0.15, 0.2) is 6.29 Å². The number of benzene rings is 1. The van der Waals surface area contributed by atoms with E-state index in [0.29, 0.717) is 42.4 Å². The van der Waals surface area contributed by atoms with E-state index in [9.17, 15) is 14.4 Å². The second kappa shape index (κ2) is 6.37. The van der Waals surface area contributed by atoms with Gasteiger partial charge in [-0.25, -0.2) is 4.98 Å². The number of fused-ring (bicyclic) bond motifs is 1. The number of nitrogens with zero attached hydrogens (tertiary/aromatic N) is 3. The fraction of sp³-hybridized carbons (Fsp3) is 0.294. The first-order valence-corrected chi connectivity index (χ1v) is 7.63. The van der Waals surface area contributed by atoms with E-state index in [1.807, 2.05) is 11.9 Å². The molecule has 0 spiro atoms. The number of para-hydroxylation sites is 1. The van der Waals surface area contributed by atoms with E-state index in [-0.39, 0.29) is 17.2 Å². The Morgan fingerprint density at radius 1 is 1.38 bits per heavy atom. The van der Waals surface area contributed by atoms with Gasteiger partial charge in [0.05, 0.1) is 17.6 Å². The molecule has 0 atom stereocenters. The average Bonchev–Trinajstić information content (AvgIpc) is 2.56. The van der Waals surface area contributed by atoms with E-state index < -0.39 is 5.91 Å². The van der Waals surface area contributed by atoms with Gasteiger partial charge in [-0.05, 0) is 19.2 Å². The van der Waals surface area contributed by atoms with E-state index >= 15 is 0 Å². The topological polar surface area (TPSA) is 96.6 Å². The van der Waals surface area contributed by atoms with Crippen LogP contribution in [0.1, 0.15) is 26.4 Å². The quantitative estimate of drug-likeness (QED) is 0.821. The first-order chi connectivity index (χ1) is 11.5. The summed E-state index contributed by atoms with van der Waals surface area (Å²) in [5.74, 6) is -0.571. The van der Waals surface area contributed by atoms with Crippen LogP contribution in [0.15, 0.2) is 24.3 Å². The van der Waals surface area contributed by atoms with Gasteiger partial charge in [-0.3, -0.25) is 19.3 Å². The summed E-state index contributed by atoms with van der Waals surface area (Å²) in [6, 6.07) is 6.90. The maximum absolute atomic E-state index is 12.1. The number of aromatic nitrogens is 1. The molecule has 7 heteroatoms. The highest BCUT2D eigenvalue weighted by molar-refractivity contribution is 6.05. The number of hydrogen-bond donors (Lipinski definition) is 1. The lowest BCUT2D eigenvalue weighted by Crippen LogP contribution is -2.48. The third kappa shape index (κ3) is 2.98. The number of hydrogen-bond acceptors (Lipinski definition) is 5. The third-order valence-electron chi connectivity index (χ3n) is 4.21. The van der Waals surface area contributed by atoms with Crippen molar-refractivity contribution in [1.82, 2.24) is 14.8 Å². The van der Waals surface area contributed by atoms with Crippen molar-refractivity contribution in [2.75, 3.05) is 26.7 Å². The van der Waals surface area contributed by atoms with Crippen LogP contribution < -0.4 is 5.73 Å². The summed E-state index contributed by atoms with van der Waals surface area (Å²) in [4.78, 5) is 43.1. The van der Waals surface area contributed by atoms with Gasteiger partial charge in [0, 0.05) is 30.6 Å². The molecule has 1 aliphatic heterocycles. The summed E-state index contributed by atoms with van der Waals surface area (Å²) < 4.78 is 0. The van der Waals surface area contributed by atoms with E-state index in [1.165, 1.54) is 0 Å². The normalized spacial score (nSPS) is 15.7. The van der Waals surface area contributed by atoms with Crippen molar-refractivity contribution in [3.8, 4) is 0 Å². The zero-order chi connectivity index (χ0) is 17.3. The Morgan fingerprint density at radius 3 is 2.83 bits per heavy atom. The summed E-state index contributed by atoms with van der Waals surface area (Å²) in [5.41, 5.74) is 6.93. The zero-order valence-electron chi connectivity index (χ0n) is 13.4. The van der Waals surface area contributed by atoms with Gasteiger partial charge in [-0.1, -0.05) is 12.1 Å². The average molecular weight is 326 g/mol. The van der Waals surface area contributed by atoms with Crippen molar-refractivity contribution in [2.24, 2.45) is 5.73 Å². The van der Waals surface area contributed by atoms with Crippen molar-refractivity contribution in [3.05, 3.63) is 41.1 Å². The molecule has 2 N–H and O–H groups in total. The Bertz CT molecular complexity index is 834. The van der Waals surface area contributed by atoms with E-state index in [4.69, 9.17) is 5.73 Å². The van der Waals surface area contributed by atoms with Crippen LogP contribution in [0.2, 0.25) is 0 Å². The second-order valence-corrected chi connectivity index (χ2v) is 5.95. The number of pyridine rings is 1. The van der Waals surface area contributed by atoms with Crippen LogP contribution in [0.3, 0.4) is 0 Å². The largest absolute Gasteiger partial charge is 0.366 e. The second-order valence-electron chi connectivity index (χ2n) is 5.95. The lowest BCUT2D eigenvalue weighted by molar-refractivity contribution is -0.136. The summed E-state index contributed by atoms with van der Waals surface area (Å²) in [6.45, 7) is 2.08. The van der Waals surface area contributed by atoms with Crippen LogP contribution in [-0.4, -0.2) is 59.6 Å². The van der Waals surface area contributed by atoms with Gasteiger partial charge >= 0.3 is 0 Å². The summed E-state index contributed by atoms with van der Waals surface area (Å²) in [5, 5.41) is 0.716. The SMILES string of the molecule is CN1CCN(Cc2cc3cccc(C(N)=O)c3nc2C=O)C(=O)C1. The number of carbonyl (C=O) groups excluding carboxylic acids is 3. The summed E-state index contributed by atoms with van der Waals surface area (Å²) in [6.07, 6.45) is 0.646. The van der Waals surface area contributed by atoms with Crippen LogP contribution in [0.4, 0.5) is 0 Å². The number of primary amides is 1. The minimum Gasteiger partial charge on any atom is -0.366 e. The van der Waals surface area contributed by atoms with Crippen molar-refractivity contribution in [1.29, 1.82) is 0 Å². The maximum Gasteiger partial charge on any atom is 0.250 e. The highest BCUT2D eigenvalue weighted by atomic mass is 16.2. The van der Waals surface area contributed by atoms with Crippen molar-refractivity contribution >= 4 is 29.0 Å². The summed E-state index contributed by atoms with van der Waals surface area (Å²) in [7, 11) is 1.90. The molecule has 0 aliphatic carbocycles. The Kier molecular flexibility index (Phi) is 4.26. The molecule has 0 bridgehead atoms. The van der Waals surface area contributed by atoms with Crippen molar-refractivity contribution in [2.45, 2.75) is 6.54 Å². The Hall–Kier alpha value is -2.80. The molecule has 2 amide bonds. The number of rotatable bonds is 4. The van der Waals surface area contributed by atoms with Crippen molar-refractivity contribution in [3.63, 3.8) is 0 Å². The fourth-order valence-corrected chi connectivity index (χ4v) is 2.88. The van der Waals surface area contributed by atoms with Gasteiger partial charge in [0.25, 0.3) is 5.91 Å². The summed E-state index contributed by atoms with van der Waals surface area (Å²) >= 11 is 0. The molecule has 124 valence electrons. The lowest BCUT2D eigenvalue weighted by Gasteiger charge is -2.32. The Morgan fingerprint density at radius 2 is 2.17 bits per heavy atom. The number of aldehydes is 1. The molecular weight excluding hydrogens is 308 g/mol. The Labute approximate surface area is 139 Å². The van der Waals surface area contributed by atoms with E-state index in [2.05, 4.69) is 4.98 Å². The zero-order valence-corrected chi connectivity index (χ0v) is 13.4. The highest BCUT2D eigenvalue weighted by Gasteiger charge is 2.23. The lowest BCUT2D eigenvalue weighted by atomic mass is 10.0. The minimum absolute atomic E-state index is 0.0200. The van der Waals surface area contributed by atoms with Crippen LogP contribution in [0.5, 0.6) is 0 Å². The first kappa shape index (κ1) is 16.1. The molecule has 1 fully saturated rings. The monoisotopic (exact) mass is 326 g/mol. The van der Waals surface area contributed by atoms with Crippen molar-refractivity contribution < 1.29 is 14.4 Å². The molecule has 3 rings (SSSR count). The van der Waals surface area contributed by atoms with E-state index in [1.54, 1.807) is 29.2 Å². The fourth-order valence-electron chi connectivity index (χ4n) is 2.88.